The van der Waals surface area contributed by atoms with Gasteiger partial charge in [-0.1, -0.05) is 0 Å². The third kappa shape index (κ3) is 5.22. The van der Waals surface area contributed by atoms with Crippen molar-refractivity contribution in [3.63, 3.8) is 0 Å². The highest BCUT2D eigenvalue weighted by Crippen LogP contribution is 2.41. The van der Waals surface area contributed by atoms with Gasteiger partial charge in [0.15, 0.2) is 18.0 Å². The van der Waals surface area contributed by atoms with E-state index >= 15 is 0 Å². The zero-order chi connectivity index (χ0) is 22.4. The summed E-state index contributed by atoms with van der Waals surface area (Å²) in [4.78, 5) is 37.5. The van der Waals surface area contributed by atoms with Crippen molar-refractivity contribution in [2.24, 2.45) is 5.92 Å². The van der Waals surface area contributed by atoms with E-state index in [9.17, 15) is 14.4 Å². The molecule has 31 heavy (non-hydrogen) atoms. The lowest BCUT2D eigenvalue weighted by Crippen LogP contribution is -2.33. The Hall–Kier alpha value is -3.81. The first-order chi connectivity index (χ1) is 14.9. The molecule has 0 saturated heterocycles. The van der Waals surface area contributed by atoms with Gasteiger partial charge in [0.2, 0.25) is 0 Å². The van der Waals surface area contributed by atoms with Crippen LogP contribution in [-0.2, 0) is 19.1 Å². The molecule has 0 radical (unpaired) electrons. The monoisotopic (exact) mass is 426 g/mol. The summed E-state index contributed by atoms with van der Waals surface area (Å²) < 4.78 is 27.0. The van der Waals surface area contributed by atoms with E-state index in [1.807, 2.05) is 0 Å². The summed E-state index contributed by atoms with van der Waals surface area (Å²) >= 11 is 0. The minimum absolute atomic E-state index is 0.228. The molecule has 8 nitrogen and oxygen atoms in total. The number of hydrogen-bond donors (Lipinski definition) is 0. The Labute approximate surface area is 178 Å². The van der Waals surface area contributed by atoms with Crippen molar-refractivity contribution < 1.29 is 37.4 Å². The van der Waals surface area contributed by atoms with Crippen molar-refractivity contribution in [1.29, 1.82) is 0 Å². The Bertz CT molecular complexity index is 948. The lowest BCUT2D eigenvalue weighted by molar-refractivity contribution is -0.159. The van der Waals surface area contributed by atoms with Gasteiger partial charge in [-0.2, -0.15) is 0 Å². The maximum absolute atomic E-state index is 13.7. The molecule has 0 aliphatic carbocycles. The first-order valence-electron chi connectivity index (χ1n) is 9.50. The number of Topliss-reactive ketones (excluding diaryl/α,β-unsaturated/α-hetero) is 1. The van der Waals surface area contributed by atoms with Gasteiger partial charge in [0.05, 0.1) is 19.6 Å². The molecular formula is C23H22O8. The molecule has 8 heteroatoms. The number of benzene rings is 1. The SMILES string of the molecule is COc1ccc(C(=O)C([C@@H](OC(C)=O)c2ccco2)[C@@H](OC(C)=O)c2ccco2)cc1. The molecule has 2 heterocycles. The fraction of sp³-hybridized carbons (Fsp3) is 0.261. The number of ether oxygens (including phenoxy) is 3. The molecule has 0 aliphatic heterocycles. The van der Waals surface area contributed by atoms with Crippen molar-refractivity contribution in [1.82, 2.24) is 0 Å². The molecule has 162 valence electrons. The van der Waals surface area contributed by atoms with Crippen LogP contribution in [0.15, 0.2) is 69.9 Å². The van der Waals surface area contributed by atoms with Gasteiger partial charge in [0.1, 0.15) is 23.2 Å². The second-order valence-corrected chi connectivity index (χ2v) is 6.71. The number of carbonyl (C=O) groups excluding carboxylic acids is 3. The van der Waals surface area contributed by atoms with E-state index in [0.717, 1.165) is 0 Å². The Morgan fingerprint density at radius 3 is 1.61 bits per heavy atom. The number of methoxy groups -OCH3 is 1. The summed E-state index contributed by atoms with van der Waals surface area (Å²) in [6, 6.07) is 12.8. The van der Waals surface area contributed by atoms with E-state index in [-0.39, 0.29) is 11.5 Å². The second kappa shape index (κ2) is 9.80. The van der Waals surface area contributed by atoms with Gasteiger partial charge < -0.3 is 23.0 Å². The van der Waals surface area contributed by atoms with Crippen molar-refractivity contribution in [3.8, 4) is 5.75 Å². The van der Waals surface area contributed by atoms with Crippen LogP contribution < -0.4 is 4.74 Å². The van der Waals surface area contributed by atoms with Crippen LogP contribution in [0.5, 0.6) is 5.75 Å². The number of ketones is 1. The van der Waals surface area contributed by atoms with Gasteiger partial charge in [-0.3, -0.25) is 14.4 Å². The first kappa shape index (κ1) is 21.9. The van der Waals surface area contributed by atoms with Crippen molar-refractivity contribution in [2.45, 2.75) is 26.1 Å². The highest BCUT2D eigenvalue weighted by atomic mass is 16.6. The summed E-state index contributed by atoms with van der Waals surface area (Å²) in [5.74, 6) is -1.86. The van der Waals surface area contributed by atoms with Crippen molar-refractivity contribution >= 4 is 17.7 Å². The predicted octanol–water partition coefficient (Wildman–Crippen LogP) is 4.29. The molecule has 0 spiro atoms. The van der Waals surface area contributed by atoms with Crippen LogP contribution in [0.2, 0.25) is 0 Å². The third-order valence-corrected chi connectivity index (χ3v) is 4.56. The molecule has 0 unspecified atom stereocenters. The van der Waals surface area contributed by atoms with Gasteiger partial charge in [-0.05, 0) is 48.5 Å². The minimum Gasteiger partial charge on any atom is -0.497 e. The number of hydrogen-bond acceptors (Lipinski definition) is 8. The third-order valence-electron chi connectivity index (χ3n) is 4.56. The minimum atomic E-state index is -1.18. The molecule has 2 atom stereocenters. The smallest absolute Gasteiger partial charge is 0.303 e. The molecule has 0 fully saturated rings. The van der Waals surface area contributed by atoms with Gasteiger partial charge in [-0.25, -0.2) is 0 Å². The summed E-state index contributed by atoms with van der Waals surface area (Å²) in [6.07, 6.45) is 0.455. The Morgan fingerprint density at radius 1 is 0.774 bits per heavy atom. The lowest BCUT2D eigenvalue weighted by atomic mass is 9.85. The highest BCUT2D eigenvalue weighted by molar-refractivity contribution is 5.99. The van der Waals surface area contributed by atoms with Crippen molar-refractivity contribution in [3.05, 3.63) is 78.1 Å². The van der Waals surface area contributed by atoms with Crippen LogP contribution in [0.1, 0.15) is 47.9 Å². The molecule has 0 aliphatic rings. The normalized spacial score (nSPS) is 12.8. The molecule has 0 saturated carbocycles. The van der Waals surface area contributed by atoms with E-state index in [2.05, 4.69) is 0 Å². The number of rotatable bonds is 9. The van der Waals surface area contributed by atoms with Crippen LogP contribution in [0.4, 0.5) is 0 Å². The molecule has 0 N–H and O–H groups in total. The maximum atomic E-state index is 13.7. The number of furan rings is 2. The summed E-state index contributed by atoms with van der Waals surface area (Å²) in [5, 5.41) is 0. The number of carbonyl (C=O) groups is 3. The highest BCUT2D eigenvalue weighted by Gasteiger charge is 2.44. The molecule has 1 aromatic carbocycles. The average Bonchev–Trinajstić information content (AvgIpc) is 3.46. The molecule has 0 amide bonds. The van der Waals surface area contributed by atoms with Crippen LogP contribution in [0.25, 0.3) is 0 Å². The molecule has 2 aromatic heterocycles. The zero-order valence-electron chi connectivity index (χ0n) is 17.3. The van der Waals surface area contributed by atoms with Crippen LogP contribution in [0, 0.1) is 5.92 Å². The Morgan fingerprint density at radius 2 is 1.26 bits per heavy atom. The Balaban J connectivity index is 2.13. The fourth-order valence-electron chi connectivity index (χ4n) is 3.26. The van der Waals surface area contributed by atoms with E-state index in [1.54, 1.807) is 48.5 Å². The largest absolute Gasteiger partial charge is 0.497 e. The lowest BCUT2D eigenvalue weighted by Gasteiger charge is -2.29. The maximum Gasteiger partial charge on any atom is 0.303 e. The quantitative estimate of drug-likeness (QED) is 0.369. The van der Waals surface area contributed by atoms with Crippen LogP contribution >= 0.6 is 0 Å². The fourth-order valence-corrected chi connectivity index (χ4v) is 3.26. The molecule has 3 rings (SSSR count). The Kier molecular flexibility index (Phi) is 6.92. The van der Waals surface area contributed by atoms with E-state index in [1.165, 1.54) is 33.5 Å². The van der Waals surface area contributed by atoms with Gasteiger partial charge in [-0.15, -0.1) is 0 Å². The molecule has 3 aromatic rings. The van der Waals surface area contributed by atoms with E-state index < -0.39 is 35.8 Å². The van der Waals surface area contributed by atoms with Crippen LogP contribution in [-0.4, -0.2) is 24.8 Å². The molecule has 0 bridgehead atoms. The second-order valence-electron chi connectivity index (χ2n) is 6.71. The molecular weight excluding hydrogens is 404 g/mol. The van der Waals surface area contributed by atoms with Gasteiger partial charge in [0, 0.05) is 19.4 Å². The zero-order valence-corrected chi connectivity index (χ0v) is 17.3. The summed E-state index contributed by atoms with van der Waals surface area (Å²) in [7, 11) is 1.51. The summed E-state index contributed by atoms with van der Waals surface area (Å²) in [6.45, 7) is 2.44. The number of esters is 2. The topological polar surface area (TPSA) is 105 Å². The standard InChI is InChI=1S/C23H22O8/c1-14(24)30-22(18-6-4-12-28-18)20(21(26)16-8-10-17(27-3)11-9-16)23(31-15(2)25)19-7-5-13-29-19/h4-13,20,22-23H,1-3H3/t22-,23-/m0/s1. The van der Waals surface area contributed by atoms with Gasteiger partial charge in [0.25, 0.3) is 0 Å². The van der Waals surface area contributed by atoms with E-state index in [0.29, 0.717) is 11.3 Å². The predicted molar refractivity (Wildman–Crippen MR) is 107 cm³/mol. The van der Waals surface area contributed by atoms with Gasteiger partial charge >= 0.3 is 11.9 Å². The van der Waals surface area contributed by atoms with E-state index in [4.69, 9.17) is 23.0 Å². The first-order valence-corrected chi connectivity index (χ1v) is 9.50. The average molecular weight is 426 g/mol. The van der Waals surface area contributed by atoms with Crippen molar-refractivity contribution in [2.75, 3.05) is 7.11 Å². The summed E-state index contributed by atoms with van der Waals surface area (Å²) in [5.41, 5.74) is 0.304. The van der Waals surface area contributed by atoms with Crippen LogP contribution in [0.3, 0.4) is 0 Å².